The number of hydrogen-bond donors (Lipinski definition) is 1. The highest BCUT2D eigenvalue weighted by Crippen LogP contribution is 2.42. The van der Waals surface area contributed by atoms with E-state index < -0.39 is 0 Å². The summed E-state index contributed by atoms with van der Waals surface area (Å²) in [6, 6.07) is 6.20. The molecule has 2 aromatic heterocycles. The van der Waals surface area contributed by atoms with Gasteiger partial charge in [-0.1, -0.05) is 0 Å². The van der Waals surface area contributed by atoms with E-state index in [0.717, 1.165) is 80.4 Å². The number of hydrogen-bond acceptors (Lipinski definition) is 6. The number of carbonyl (C=O) groups excluding carboxylic acids is 1. The van der Waals surface area contributed by atoms with Crippen LogP contribution in [0.1, 0.15) is 41.9 Å². The topological polar surface area (TPSA) is 75.0 Å². The number of aryl methyl sites for hydroxylation is 1. The number of nitrogens with one attached hydrogen (secondary N) is 1. The third kappa shape index (κ3) is 3.39. The summed E-state index contributed by atoms with van der Waals surface area (Å²) in [5.74, 6) is 0.739. The monoisotopic (exact) mass is 432 g/mol. The van der Waals surface area contributed by atoms with Gasteiger partial charge in [-0.25, -0.2) is 9.50 Å². The summed E-state index contributed by atoms with van der Waals surface area (Å²) in [6.45, 7) is 9.13. The molecule has 1 amide bonds. The predicted octanol–water partition coefficient (Wildman–Crippen LogP) is 2.76. The molecule has 0 spiro atoms. The van der Waals surface area contributed by atoms with Crippen molar-refractivity contribution in [3.05, 3.63) is 47.4 Å². The Morgan fingerprint density at radius 2 is 1.97 bits per heavy atom. The highest BCUT2D eigenvalue weighted by molar-refractivity contribution is 6.09. The van der Waals surface area contributed by atoms with Crippen molar-refractivity contribution in [2.75, 3.05) is 42.9 Å². The standard InChI is InChI=1S/C24H28N6O2/c1-24(2)14-16-12-19-20(13-21(16)32-24)29-10-8-28(9-11-29)6-3-4-17-5-7-30-22(26-17)18(15-25-30)23(31)27-19/h5,7,12-13,15H,3-4,6,8-11,14H2,1-2H3,(H,27,31). The first-order valence-corrected chi connectivity index (χ1v) is 11.4. The van der Waals surface area contributed by atoms with Crippen LogP contribution in [-0.2, 0) is 12.8 Å². The lowest BCUT2D eigenvalue weighted by Crippen LogP contribution is -2.47. The molecular weight excluding hydrogens is 404 g/mol. The van der Waals surface area contributed by atoms with Crippen LogP contribution in [-0.4, -0.2) is 63.7 Å². The molecule has 1 aromatic carbocycles. The van der Waals surface area contributed by atoms with Gasteiger partial charge in [0.25, 0.3) is 5.91 Å². The summed E-state index contributed by atoms with van der Waals surface area (Å²) < 4.78 is 7.88. The Labute approximate surface area is 187 Å². The van der Waals surface area contributed by atoms with Gasteiger partial charge in [0.05, 0.1) is 17.6 Å². The minimum Gasteiger partial charge on any atom is -0.487 e. The molecule has 0 saturated carbocycles. The number of nitrogens with zero attached hydrogens (tertiary/aromatic N) is 5. The summed E-state index contributed by atoms with van der Waals surface area (Å²) in [7, 11) is 0. The molecule has 6 heterocycles. The highest BCUT2D eigenvalue weighted by atomic mass is 16.5. The number of benzene rings is 1. The maximum atomic E-state index is 13.4. The van der Waals surface area contributed by atoms with Gasteiger partial charge in [-0.15, -0.1) is 0 Å². The van der Waals surface area contributed by atoms with E-state index in [1.54, 1.807) is 10.7 Å². The molecule has 32 heavy (non-hydrogen) atoms. The lowest BCUT2D eigenvalue weighted by molar-refractivity contribution is 0.102. The van der Waals surface area contributed by atoms with Gasteiger partial charge in [-0.3, -0.25) is 9.69 Å². The van der Waals surface area contributed by atoms with E-state index in [-0.39, 0.29) is 11.5 Å². The van der Waals surface area contributed by atoms with Gasteiger partial charge >= 0.3 is 0 Å². The van der Waals surface area contributed by atoms with Crippen LogP contribution < -0.4 is 15.0 Å². The zero-order valence-electron chi connectivity index (χ0n) is 18.6. The van der Waals surface area contributed by atoms with Crippen molar-refractivity contribution >= 4 is 22.9 Å². The Morgan fingerprint density at radius 1 is 1.12 bits per heavy atom. The first-order chi connectivity index (χ1) is 15.4. The molecule has 0 atom stereocenters. The van der Waals surface area contributed by atoms with Crippen molar-refractivity contribution in [1.82, 2.24) is 19.5 Å². The summed E-state index contributed by atoms with van der Waals surface area (Å²) in [6.07, 6.45) is 6.26. The van der Waals surface area contributed by atoms with Crippen LogP contribution in [0.15, 0.2) is 30.6 Å². The average molecular weight is 433 g/mol. The molecule has 0 unspecified atom stereocenters. The molecule has 8 nitrogen and oxygen atoms in total. The van der Waals surface area contributed by atoms with Crippen LogP contribution in [0.25, 0.3) is 5.65 Å². The molecular formula is C24H28N6O2. The maximum Gasteiger partial charge on any atom is 0.261 e. The van der Waals surface area contributed by atoms with Crippen LogP contribution in [0.2, 0.25) is 0 Å². The van der Waals surface area contributed by atoms with Crippen LogP contribution in [0.4, 0.5) is 11.4 Å². The van der Waals surface area contributed by atoms with Gasteiger partial charge in [-0.05, 0) is 45.4 Å². The van der Waals surface area contributed by atoms with E-state index in [1.165, 1.54) is 0 Å². The van der Waals surface area contributed by atoms with E-state index in [0.29, 0.717) is 11.2 Å². The zero-order valence-corrected chi connectivity index (χ0v) is 18.6. The van der Waals surface area contributed by atoms with Gasteiger partial charge in [0, 0.05) is 56.1 Å². The molecule has 0 radical (unpaired) electrons. The van der Waals surface area contributed by atoms with Gasteiger partial charge < -0.3 is 15.0 Å². The number of rotatable bonds is 0. The number of amides is 1. The number of ether oxygens (including phenoxy) is 1. The third-order valence-electron chi connectivity index (χ3n) is 6.72. The molecule has 1 saturated heterocycles. The first kappa shape index (κ1) is 19.5. The number of carbonyl (C=O) groups is 1. The molecule has 0 aliphatic carbocycles. The van der Waals surface area contributed by atoms with Crippen LogP contribution in [0.5, 0.6) is 5.75 Å². The number of piperazine rings is 1. The van der Waals surface area contributed by atoms with Gasteiger partial charge in [0.15, 0.2) is 5.65 Å². The van der Waals surface area contributed by atoms with Crippen molar-refractivity contribution in [2.24, 2.45) is 0 Å². The second-order valence-corrected chi connectivity index (χ2v) is 9.65. The van der Waals surface area contributed by atoms with Crippen LogP contribution >= 0.6 is 0 Å². The van der Waals surface area contributed by atoms with Crippen molar-refractivity contribution in [3.8, 4) is 5.75 Å². The molecule has 4 aliphatic rings. The smallest absolute Gasteiger partial charge is 0.261 e. The Morgan fingerprint density at radius 3 is 2.81 bits per heavy atom. The predicted molar refractivity (Wildman–Crippen MR) is 123 cm³/mol. The summed E-state index contributed by atoms with van der Waals surface area (Å²) in [5, 5.41) is 7.52. The Kier molecular flexibility index (Phi) is 4.40. The van der Waals surface area contributed by atoms with Crippen molar-refractivity contribution in [2.45, 2.75) is 38.7 Å². The largest absolute Gasteiger partial charge is 0.487 e. The average Bonchev–Trinajstić information content (AvgIpc) is 3.31. The molecule has 4 bridgehead atoms. The fourth-order valence-corrected chi connectivity index (χ4v) is 5.09. The van der Waals surface area contributed by atoms with Crippen molar-refractivity contribution < 1.29 is 9.53 Å². The lowest BCUT2D eigenvalue weighted by atomic mass is 10.0. The van der Waals surface area contributed by atoms with Crippen LogP contribution in [0, 0.1) is 0 Å². The first-order valence-electron chi connectivity index (χ1n) is 11.4. The number of fused-ring (bicyclic) bond motifs is 6. The Bertz CT molecular complexity index is 1210. The minimum absolute atomic E-state index is 0.183. The second-order valence-electron chi connectivity index (χ2n) is 9.65. The van der Waals surface area contributed by atoms with E-state index in [1.807, 2.05) is 12.3 Å². The molecule has 1 N–H and O–H groups in total. The molecule has 8 heteroatoms. The fraction of sp³-hybridized carbons (Fsp3) is 0.458. The molecule has 166 valence electrons. The highest BCUT2D eigenvalue weighted by Gasteiger charge is 2.32. The Hall–Kier alpha value is -3.13. The SMILES string of the molecule is CC1(C)Cc2cc3c(cc2O1)N1CCN(CCCc2ccn4ncc(c4n2)C(=O)N3)CC1. The molecule has 3 aromatic rings. The minimum atomic E-state index is -0.235. The quantitative estimate of drug-likeness (QED) is 0.589. The van der Waals surface area contributed by atoms with Gasteiger partial charge in [0.2, 0.25) is 0 Å². The lowest BCUT2D eigenvalue weighted by Gasteiger charge is -2.37. The maximum absolute atomic E-state index is 13.4. The van der Waals surface area contributed by atoms with Gasteiger partial charge in [0.1, 0.15) is 16.9 Å². The summed E-state index contributed by atoms with van der Waals surface area (Å²) in [4.78, 5) is 23.0. The fourth-order valence-electron chi connectivity index (χ4n) is 5.09. The number of anilines is 2. The van der Waals surface area contributed by atoms with E-state index in [4.69, 9.17) is 9.72 Å². The van der Waals surface area contributed by atoms with Gasteiger partial charge in [-0.2, -0.15) is 5.10 Å². The summed E-state index contributed by atoms with van der Waals surface area (Å²) in [5.41, 5.74) is 4.84. The molecule has 7 rings (SSSR count). The van der Waals surface area contributed by atoms with E-state index in [9.17, 15) is 4.79 Å². The second kappa shape index (κ2) is 7.20. The van der Waals surface area contributed by atoms with E-state index in [2.05, 4.69) is 46.2 Å². The normalized spacial score (nSPS) is 20.4. The van der Waals surface area contributed by atoms with Crippen molar-refractivity contribution in [1.29, 1.82) is 0 Å². The van der Waals surface area contributed by atoms with E-state index >= 15 is 0 Å². The van der Waals surface area contributed by atoms with Crippen molar-refractivity contribution in [3.63, 3.8) is 0 Å². The van der Waals surface area contributed by atoms with Crippen LogP contribution in [0.3, 0.4) is 0 Å². The summed E-state index contributed by atoms with van der Waals surface area (Å²) >= 11 is 0. The third-order valence-corrected chi connectivity index (χ3v) is 6.72. The Balaban J connectivity index is 1.45. The zero-order chi connectivity index (χ0) is 21.9. The molecule has 4 aliphatic heterocycles. The molecule has 1 fully saturated rings. The number of aromatic nitrogens is 3.